The van der Waals surface area contributed by atoms with Crippen molar-refractivity contribution in [2.45, 2.75) is 19.4 Å². The highest BCUT2D eigenvalue weighted by molar-refractivity contribution is 5.99. The van der Waals surface area contributed by atoms with Crippen LogP contribution in [0, 0.1) is 6.92 Å². The monoisotopic (exact) mass is 431 g/mol. The average Bonchev–Trinajstić information content (AvgIpc) is 2.78. The maximum absolute atomic E-state index is 13.2. The Morgan fingerprint density at radius 3 is 2.19 bits per heavy atom. The first kappa shape index (κ1) is 22.6. The summed E-state index contributed by atoms with van der Waals surface area (Å²) in [5.74, 6) is -1.46. The number of benzene rings is 3. The van der Waals surface area contributed by atoms with Crippen LogP contribution in [-0.2, 0) is 9.59 Å². The van der Waals surface area contributed by atoms with Crippen molar-refractivity contribution < 1.29 is 19.5 Å². The van der Waals surface area contributed by atoms with Crippen molar-refractivity contribution in [3.05, 3.63) is 96.1 Å². The SMILES string of the molecule is Cc1cccc(NC(=O)NCC(=O)N(c2ccccc2)[C@@H](CC(=O)O)c2ccccc2)c1. The summed E-state index contributed by atoms with van der Waals surface area (Å²) >= 11 is 0. The number of nitrogens with zero attached hydrogens (tertiary/aromatic N) is 1. The van der Waals surface area contributed by atoms with Gasteiger partial charge in [0.15, 0.2) is 0 Å². The minimum absolute atomic E-state index is 0.278. The number of carboxylic acid groups (broad SMARTS) is 1. The van der Waals surface area contributed by atoms with Gasteiger partial charge in [0.25, 0.3) is 0 Å². The fourth-order valence-corrected chi connectivity index (χ4v) is 3.42. The molecule has 1 atom stereocenters. The van der Waals surface area contributed by atoms with E-state index in [1.807, 2.05) is 37.3 Å². The summed E-state index contributed by atoms with van der Waals surface area (Å²) in [6.07, 6.45) is -0.278. The lowest BCUT2D eigenvalue weighted by Crippen LogP contribution is -2.44. The summed E-state index contributed by atoms with van der Waals surface area (Å²) in [6, 6.07) is 23.9. The Morgan fingerprint density at radius 1 is 0.906 bits per heavy atom. The van der Waals surface area contributed by atoms with Gasteiger partial charge in [0.2, 0.25) is 5.91 Å². The van der Waals surface area contributed by atoms with Gasteiger partial charge >= 0.3 is 12.0 Å². The number of hydrogen-bond donors (Lipinski definition) is 3. The quantitative estimate of drug-likeness (QED) is 0.493. The third-order valence-electron chi connectivity index (χ3n) is 4.84. The topological polar surface area (TPSA) is 98.7 Å². The van der Waals surface area contributed by atoms with Crippen molar-refractivity contribution >= 4 is 29.3 Å². The molecule has 3 amide bonds. The highest BCUT2D eigenvalue weighted by atomic mass is 16.4. The second-order valence-electron chi connectivity index (χ2n) is 7.30. The first-order chi connectivity index (χ1) is 15.4. The number of aryl methyl sites for hydroxylation is 1. The van der Waals surface area contributed by atoms with Gasteiger partial charge in [-0.1, -0.05) is 60.7 Å². The normalized spacial score (nSPS) is 11.3. The number of para-hydroxylation sites is 1. The molecule has 0 aromatic heterocycles. The van der Waals surface area contributed by atoms with Crippen LogP contribution in [0.2, 0.25) is 0 Å². The van der Waals surface area contributed by atoms with E-state index in [1.165, 1.54) is 4.90 Å². The van der Waals surface area contributed by atoms with Crippen molar-refractivity contribution in [3.63, 3.8) is 0 Å². The van der Waals surface area contributed by atoms with Gasteiger partial charge in [-0.15, -0.1) is 0 Å². The van der Waals surface area contributed by atoms with Gasteiger partial charge in [0.1, 0.15) is 0 Å². The Bertz CT molecular complexity index is 1070. The summed E-state index contributed by atoms with van der Waals surface area (Å²) in [4.78, 5) is 38.6. The second kappa shape index (κ2) is 10.8. The molecule has 0 unspecified atom stereocenters. The Balaban J connectivity index is 1.81. The summed E-state index contributed by atoms with van der Waals surface area (Å²) in [6.45, 7) is 1.62. The molecule has 164 valence electrons. The molecule has 0 saturated carbocycles. The van der Waals surface area contributed by atoms with Crippen molar-refractivity contribution in [2.75, 3.05) is 16.8 Å². The van der Waals surface area contributed by atoms with Crippen LogP contribution in [-0.4, -0.2) is 29.6 Å². The number of nitrogens with one attached hydrogen (secondary N) is 2. The van der Waals surface area contributed by atoms with Gasteiger partial charge in [-0.2, -0.15) is 0 Å². The molecule has 0 aliphatic rings. The summed E-state index contributed by atoms with van der Waals surface area (Å²) in [5.41, 5.74) is 2.85. The van der Waals surface area contributed by atoms with Crippen LogP contribution in [0.4, 0.5) is 16.2 Å². The van der Waals surface area contributed by atoms with E-state index in [2.05, 4.69) is 10.6 Å². The Kier molecular flexibility index (Phi) is 7.59. The predicted molar refractivity (Wildman–Crippen MR) is 124 cm³/mol. The highest BCUT2D eigenvalue weighted by Crippen LogP contribution is 2.30. The zero-order chi connectivity index (χ0) is 22.9. The minimum atomic E-state index is -1.03. The number of carbonyl (C=O) groups excluding carboxylic acids is 2. The molecule has 3 N–H and O–H groups in total. The number of hydrogen-bond acceptors (Lipinski definition) is 3. The van der Waals surface area contributed by atoms with Crippen LogP contribution in [0.3, 0.4) is 0 Å². The van der Waals surface area contributed by atoms with Crippen LogP contribution in [0.5, 0.6) is 0 Å². The standard InChI is InChI=1S/C25H25N3O4/c1-18-9-8-12-20(15-18)27-25(32)26-17-23(29)28(21-13-6-3-7-14-21)22(16-24(30)31)19-10-4-2-5-11-19/h2-15,22H,16-17H2,1H3,(H,30,31)(H2,26,27,32)/t22-/m0/s1. The van der Waals surface area contributed by atoms with Crippen LogP contribution >= 0.6 is 0 Å². The Labute approximate surface area is 186 Å². The fraction of sp³-hybridized carbons (Fsp3) is 0.160. The first-order valence-electron chi connectivity index (χ1n) is 10.2. The molecule has 3 aromatic carbocycles. The molecule has 0 bridgehead atoms. The minimum Gasteiger partial charge on any atom is -0.481 e. The van der Waals surface area contributed by atoms with Crippen molar-refractivity contribution in [2.24, 2.45) is 0 Å². The third kappa shape index (κ3) is 6.18. The number of carboxylic acids is 1. The van der Waals surface area contributed by atoms with Gasteiger partial charge in [0.05, 0.1) is 19.0 Å². The van der Waals surface area contributed by atoms with Crippen molar-refractivity contribution in [1.82, 2.24) is 5.32 Å². The van der Waals surface area contributed by atoms with E-state index in [1.54, 1.807) is 54.6 Å². The molecule has 7 heteroatoms. The summed E-state index contributed by atoms with van der Waals surface area (Å²) in [7, 11) is 0. The molecule has 0 heterocycles. The zero-order valence-electron chi connectivity index (χ0n) is 17.7. The van der Waals surface area contributed by atoms with E-state index in [0.29, 0.717) is 16.9 Å². The zero-order valence-corrected chi connectivity index (χ0v) is 17.7. The Morgan fingerprint density at radius 2 is 1.56 bits per heavy atom. The highest BCUT2D eigenvalue weighted by Gasteiger charge is 2.29. The number of carbonyl (C=O) groups is 3. The lowest BCUT2D eigenvalue weighted by Gasteiger charge is -2.31. The summed E-state index contributed by atoms with van der Waals surface area (Å²) < 4.78 is 0. The molecular formula is C25H25N3O4. The number of urea groups is 1. The van der Waals surface area contributed by atoms with Gasteiger partial charge in [0, 0.05) is 11.4 Å². The molecule has 0 spiro atoms. The van der Waals surface area contributed by atoms with E-state index in [0.717, 1.165) is 5.56 Å². The average molecular weight is 431 g/mol. The molecule has 0 radical (unpaired) electrons. The molecule has 0 saturated heterocycles. The summed E-state index contributed by atoms with van der Waals surface area (Å²) in [5, 5.41) is 14.8. The van der Waals surface area contributed by atoms with E-state index in [4.69, 9.17) is 0 Å². The van der Waals surface area contributed by atoms with Crippen molar-refractivity contribution in [3.8, 4) is 0 Å². The Hall–Kier alpha value is -4.13. The van der Waals surface area contributed by atoms with Gasteiger partial charge in [-0.25, -0.2) is 4.79 Å². The maximum atomic E-state index is 13.2. The molecule has 0 fully saturated rings. The van der Waals surface area contributed by atoms with E-state index < -0.39 is 23.9 Å². The van der Waals surface area contributed by atoms with Gasteiger partial charge in [-0.05, 0) is 42.3 Å². The third-order valence-corrected chi connectivity index (χ3v) is 4.84. The smallest absolute Gasteiger partial charge is 0.319 e. The fourth-order valence-electron chi connectivity index (χ4n) is 3.42. The number of anilines is 2. The molecule has 0 aliphatic heterocycles. The molecule has 3 aromatic rings. The van der Waals surface area contributed by atoms with Crippen LogP contribution in [0.1, 0.15) is 23.6 Å². The molecule has 32 heavy (non-hydrogen) atoms. The molecular weight excluding hydrogens is 406 g/mol. The van der Waals surface area contributed by atoms with Crippen LogP contribution in [0.25, 0.3) is 0 Å². The second-order valence-corrected chi connectivity index (χ2v) is 7.30. The van der Waals surface area contributed by atoms with Gasteiger partial charge in [-0.3, -0.25) is 9.59 Å². The van der Waals surface area contributed by atoms with E-state index in [-0.39, 0.29) is 13.0 Å². The molecule has 3 rings (SSSR count). The molecule has 7 nitrogen and oxygen atoms in total. The van der Waals surface area contributed by atoms with E-state index in [9.17, 15) is 19.5 Å². The number of aliphatic carboxylic acids is 1. The number of amides is 3. The van der Waals surface area contributed by atoms with E-state index >= 15 is 0 Å². The van der Waals surface area contributed by atoms with Crippen LogP contribution in [0.15, 0.2) is 84.9 Å². The van der Waals surface area contributed by atoms with Crippen molar-refractivity contribution in [1.29, 1.82) is 0 Å². The number of rotatable bonds is 8. The first-order valence-corrected chi connectivity index (χ1v) is 10.2. The lowest BCUT2D eigenvalue weighted by atomic mass is 10.0. The maximum Gasteiger partial charge on any atom is 0.319 e. The molecule has 0 aliphatic carbocycles. The van der Waals surface area contributed by atoms with Gasteiger partial charge < -0.3 is 20.6 Å². The predicted octanol–water partition coefficient (Wildman–Crippen LogP) is 4.37. The largest absolute Gasteiger partial charge is 0.481 e. The lowest BCUT2D eigenvalue weighted by molar-refractivity contribution is -0.137. The van der Waals surface area contributed by atoms with Crippen LogP contribution < -0.4 is 15.5 Å².